The zero-order valence-electron chi connectivity index (χ0n) is 9.71. The van der Waals surface area contributed by atoms with Crippen LogP contribution in [-0.4, -0.2) is 25.8 Å². The Morgan fingerprint density at radius 2 is 2.17 bits per heavy atom. The van der Waals surface area contributed by atoms with E-state index in [0.717, 1.165) is 22.3 Å². The first kappa shape index (κ1) is 10.6. The van der Waals surface area contributed by atoms with Crippen molar-refractivity contribution in [1.29, 1.82) is 0 Å². The van der Waals surface area contributed by atoms with Gasteiger partial charge in [0, 0.05) is 22.8 Å². The quantitative estimate of drug-likeness (QED) is 0.723. The van der Waals surface area contributed by atoms with Crippen molar-refractivity contribution < 1.29 is 9.90 Å². The third kappa shape index (κ3) is 1.57. The highest BCUT2D eigenvalue weighted by molar-refractivity contribution is 5.85. The molecule has 2 heterocycles. The minimum absolute atomic E-state index is 0.0571. The Bertz CT molecular complexity index is 740. The lowest BCUT2D eigenvalue weighted by molar-refractivity contribution is 0.0690. The Hall–Kier alpha value is -2.56. The summed E-state index contributed by atoms with van der Waals surface area (Å²) in [4.78, 5) is 14.0. The van der Waals surface area contributed by atoms with Gasteiger partial charge in [-0.25, -0.2) is 9.48 Å². The molecule has 0 saturated heterocycles. The molecule has 3 rings (SSSR count). The maximum atomic E-state index is 10.9. The fourth-order valence-electron chi connectivity index (χ4n) is 2.01. The van der Waals surface area contributed by atoms with Crippen LogP contribution in [0.3, 0.4) is 0 Å². The fourth-order valence-corrected chi connectivity index (χ4v) is 2.01. The van der Waals surface area contributed by atoms with Crippen molar-refractivity contribution >= 4 is 16.9 Å². The number of nitrogens with zero attached hydrogens (tertiary/aromatic N) is 2. The van der Waals surface area contributed by atoms with Gasteiger partial charge in [-0.15, -0.1) is 0 Å². The van der Waals surface area contributed by atoms with E-state index >= 15 is 0 Å². The van der Waals surface area contributed by atoms with Crippen LogP contribution in [0, 0.1) is 6.92 Å². The molecule has 0 atom stereocenters. The highest BCUT2D eigenvalue weighted by atomic mass is 16.4. The van der Waals surface area contributed by atoms with Crippen LogP contribution in [0.25, 0.3) is 16.6 Å². The van der Waals surface area contributed by atoms with Crippen molar-refractivity contribution in [3.8, 4) is 5.69 Å². The summed E-state index contributed by atoms with van der Waals surface area (Å²) >= 11 is 0. The third-order valence-electron chi connectivity index (χ3n) is 2.89. The number of carboxylic acid groups (broad SMARTS) is 1. The number of fused-ring (bicyclic) bond motifs is 1. The van der Waals surface area contributed by atoms with E-state index in [9.17, 15) is 4.79 Å². The number of aryl methyl sites for hydroxylation is 1. The molecule has 5 nitrogen and oxygen atoms in total. The Labute approximate surface area is 103 Å². The molecule has 0 aliphatic carbocycles. The van der Waals surface area contributed by atoms with Crippen molar-refractivity contribution in [2.45, 2.75) is 6.92 Å². The number of H-pyrrole nitrogens is 1. The SMILES string of the molecule is Cc1cc(C(=O)O)nn1-c1ccc2[nH]ccc2c1. The molecular formula is C13H11N3O2. The molecule has 0 bridgehead atoms. The monoisotopic (exact) mass is 241 g/mol. The van der Waals surface area contributed by atoms with E-state index in [1.54, 1.807) is 10.7 Å². The van der Waals surface area contributed by atoms with Gasteiger partial charge in [-0.1, -0.05) is 0 Å². The molecule has 0 aliphatic heterocycles. The average molecular weight is 241 g/mol. The number of hydrogen-bond donors (Lipinski definition) is 2. The van der Waals surface area contributed by atoms with Gasteiger partial charge in [0.2, 0.25) is 0 Å². The maximum absolute atomic E-state index is 10.9. The van der Waals surface area contributed by atoms with Gasteiger partial charge in [0.1, 0.15) is 0 Å². The van der Waals surface area contributed by atoms with E-state index < -0.39 is 5.97 Å². The molecule has 90 valence electrons. The number of benzene rings is 1. The fraction of sp³-hybridized carbons (Fsp3) is 0.0769. The highest BCUT2D eigenvalue weighted by Gasteiger charge is 2.11. The lowest BCUT2D eigenvalue weighted by Crippen LogP contribution is -2.02. The van der Waals surface area contributed by atoms with Gasteiger partial charge in [-0.05, 0) is 37.3 Å². The third-order valence-corrected chi connectivity index (χ3v) is 2.89. The second-order valence-electron chi connectivity index (χ2n) is 4.14. The standard InChI is InChI=1S/C13H11N3O2/c1-8-6-12(13(17)18)15-16(8)10-2-3-11-9(7-10)4-5-14-11/h2-7,14H,1H3,(H,17,18). The molecule has 3 aromatic rings. The van der Waals surface area contributed by atoms with Gasteiger partial charge in [-0.3, -0.25) is 0 Å². The van der Waals surface area contributed by atoms with Crippen LogP contribution in [0.2, 0.25) is 0 Å². The number of nitrogens with one attached hydrogen (secondary N) is 1. The van der Waals surface area contributed by atoms with Gasteiger partial charge in [0.15, 0.2) is 5.69 Å². The largest absolute Gasteiger partial charge is 0.476 e. The van der Waals surface area contributed by atoms with Crippen LogP contribution < -0.4 is 0 Å². The number of carbonyl (C=O) groups is 1. The first-order valence-corrected chi connectivity index (χ1v) is 5.52. The minimum atomic E-state index is -1.01. The number of aromatic carboxylic acids is 1. The molecule has 0 spiro atoms. The summed E-state index contributed by atoms with van der Waals surface area (Å²) in [7, 11) is 0. The number of aromatic amines is 1. The van der Waals surface area contributed by atoms with E-state index in [1.807, 2.05) is 37.4 Å². The Morgan fingerprint density at radius 1 is 1.33 bits per heavy atom. The van der Waals surface area contributed by atoms with Crippen LogP contribution in [-0.2, 0) is 0 Å². The van der Waals surface area contributed by atoms with Crippen LogP contribution in [0.5, 0.6) is 0 Å². The summed E-state index contributed by atoms with van der Waals surface area (Å²) in [5.74, 6) is -1.01. The second-order valence-corrected chi connectivity index (χ2v) is 4.14. The van der Waals surface area contributed by atoms with Gasteiger partial charge >= 0.3 is 5.97 Å². The van der Waals surface area contributed by atoms with E-state index in [0.29, 0.717) is 0 Å². The van der Waals surface area contributed by atoms with Gasteiger partial charge in [-0.2, -0.15) is 5.10 Å². The molecule has 1 aromatic carbocycles. The van der Waals surface area contributed by atoms with Crippen LogP contribution >= 0.6 is 0 Å². The van der Waals surface area contributed by atoms with Crippen molar-refractivity contribution in [1.82, 2.24) is 14.8 Å². The molecule has 5 heteroatoms. The van der Waals surface area contributed by atoms with Crippen molar-refractivity contribution in [2.24, 2.45) is 0 Å². The predicted octanol–water partition coefficient (Wildman–Crippen LogP) is 2.36. The van der Waals surface area contributed by atoms with Gasteiger partial charge < -0.3 is 10.1 Å². The number of carboxylic acids is 1. The summed E-state index contributed by atoms with van der Waals surface area (Å²) in [6.45, 7) is 1.83. The number of rotatable bonds is 2. The summed E-state index contributed by atoms with van der Waals surface area (Å²) in [6.07, 6.45) is 1.87. The van der Waals surface area contributed by atoms with Crippen LogP contribution in [0.1, 0.15) is 16.2 Å². The lowest BCUT2D eigenvalue weighted by Gasteiger charge is -2.04. The molecule has 2 N–H and O–H groups in total. The van der Waals surface area contributed by atoms with Gasteiger partial charge in [0.05, 0.1) is 5.69 Å². The molecule has 0 saturated carbocycles. The zero-order chi connectivity index (χ0) is 12.7. The van der Waals surface area contributed by atoms with Crippen molar-refractivity contribution in [2.75, 3.05) is 0 Å². The Balaban J connectivity index is 2.15. The summed E-state index contributed by atoms with van der Waals surface area (Å²) in [5, 5.41) is 14.1. The van der Waals surface area contributed by atoms with Gasteiger partial charge in [0.25, 0.3) is 0 Å². The molecule has 2 aromatic heterocycles. The highest BCUT2D eigenvalue weighted by Crippen LogP contribution is 2.18. The second kappa shape index (κ2) is 3.73. The molecule has 0 unspecified atom stereocenters. The number of aromatic nitrogens is 3. The summed E-state index contributed by atoms with van der Waals surface area (Å²) in [6, 6.07) is 9.35. The lowest BCUT2D eigenvalue weighted by atomic mass is 10.2. The number of hydrogen-bond acceptors (Lipinski definition) is 2. The molecule has 0 radical (unpaired) electrons. The van der Waals surface area contributed by atoms with Crippen LogP contribution in [0.4, 0.5) is 0 Å². The van der Waals surface area contributed by atoms with E-state index in [4.69, 9.17) is 5.11 Å². The van der Waals surface area contributed by atoms with Crippen molar-refractivity contribution in [3.05, 3.63) is 47.9 Å². The first-order chi connectivity index (χ1) is 8.65. The normalized spacial score (nSPS) is 10.9. The molecule has 18 heavy (non-hydrogen) atoms. The average Bonchev–Trinajstić information content (AvgIpc) is 2.93. The predicted molar refractivity (Wildman–Crippen MR) is 67.1 cm³/mol. The first-order valence-electron chi connectivity index (χ1n) is 5.52. The smallest absolute Gasteiger partial charge is 0.356 e. The summed E-state index contributed by atoms with van der Waals surface area (Å²) in [5.41, 5.74) is 2.75. The molecular weight excluding hydrogens is 230 g/mol. The van der Waals surface area contributed by atoms with Crippen LogP contribution in [0.15, 0.2) is 36.5 Å². The summed E-state index contributed by atoms with van der Waals surface area (Å²) < 4.78 is 1.63. The maximum Gasteiger partial charge on any atom is 0.356 e. The molecule has 0 amide bonds. The molecule has 0 aliphatic rings. The zero-order valence-corrected chi connectivity index (χ0v) is 9.71. The van der Waals surface area contributed by atoms with E-state index in [1.165, 1.54) is 0 Å². The van der Waals surface area contributed by atoms with Crippen molar-refractivity contribution in [3.63, 3.8) is 0 Å². The minimum Gasteiger partial charge on any atom is -0.476 e. The Morgan fingerprint density at radius 3 is 2.89 bits per heavy atom. The van der Waals surface area contributed by atoms with E-state index in [2.05, 4.69) is 10.1 Å². The van der Waals surface area contributed by atoms with E-state index in [-0.39, 0.29) is 5.69 Å². The topological polar surface area (TPSA) is 70.9 Å². The Kier molecular flexibility index (Phi) is 2.19. The molecule has 0 fully saturated rings.